The molecule has 0 aliphatic heterocycles. The molecule has 0 spiro atoms. The number of aryl methyl sites for hydroxylation is 1. The van der Waals surface area contributed by atoms with Gasteiger partial charge in [-0.3, -0.25) is 0 Å². The molecule has 0 bridgehead atoms. The van der Waals surface area contributed by atoms with Gasteiger partial charge in [0.05, 0.1) is 0 Å². The Morgan fingerprint density at radius 3 is 2.55 bits per heavy atom. The third-order valence-corrected chi connectivity index (χ3v) is 4.66. The molecule has 1 aliphatic carbocycles. The summed E-state index contributed by atoms with van der Waals surface area (Å²) in [5.41, 5.74) is 3.86. The number of hydrogen-bond acceptors (Lipinski definition) is 1. The zero-order valence-electron chi connectivity index (χ0n) is 11.2. The average Bonchev–Trinajstić information content (AvgIpc) is 2.47. The Morgan fingerprint density at radius 1 is 1.00 bits per heavy atom. The first kappa shape index (κ1) is 13.9. The Balaban J connectivity index is 1.77. The first-order valence-corrected chi connectivity index (χ1v) is 7.75. The molecule has 0 saturated heterocycles. The Labute approximate surface area is 129 Å². The summed E-state index contributed by atoms with van der Waals surface area (Å²) in [4.78, 5) is 0. The highest BCUT2D eigenvalue weighted by Gasteiger charge is 2.19. The van der Waals surface area contributed by atoms with Crippen LogP contribution in [0, 0.1) is 0 Å². The molecule has 3 heteroatoms. The summed E-state index contributed by atoms with van der Waals surface area (Å²) in [5.74, 6) is 0. The molecule has 1 nitrogen and oxygen atoms in total. The fourth-order valence-corrected chi connectivity index (χ4v) is 3.42. The van der Waals surface area contributed by atoms with Crippen molar-refractivity contribution in [1.82, 2.24) is 5.32 Å². The van der Waals surface area contributed by atoms with Gasteiger partial charge in [0.1, 0.15) is 0 Å². The van der Waals surface area contributed by atoms with Crippen molar-refractivity contribution in [2.75, 3.05) is 0 Å². The lowest BCUT2D eigenvalue weighted by Gasteiger charge is -2.26. The van der Waals surface area contributed by atoms with Crippen molar-refractivity contribution in [3.05, 3.63) is 69.2 Å². The van der Waals surface area contributed by atoms with E-state index in [9.17, 15) is 0 Å². The minimum absolute atomic E-state index is 0.396. The molecule has 0 heterocycles. The monoisotopic (exact) mass is 305 g/mol. The lowest BCUT2D eigenvalue weighted by atomic mass is 9.87. The molecule has 1 N–H and O–H groups in total. The van der Waals surface area contributed by atoms with Gasteiger partial charge in [0, 0.05) is 28.2 Å². The molecule has 1 aliphatic rings. The van der Waals surface area contributed by atoms with Gasteiger partial charge >= 0.3 is 0 Å². The quantitative estimate of drug-likeness (QED) is 0.826. The SMILES string of the molecule is Clc1cccc(Cl)c1CNC1CCCc2ccccc21. The van der Waals surface area contributed by atoms with Gasteiger partial charge in [-0.05, 0) is 42.5 Å². The molecule has 1 atom stereocenters. The van der Waals surface area contributed by atoms with E-state index in [0.717, 1.165) is 15.6 Å². The van der Waals surface area contributed by atoms with E-state index in [1.54, 1.807) is 0 Å². The number of nitrogens with one attached hydrogen (secondary N) is 1. The van der Waals surface area contributed by atoms with Crippen LogP contribution in [-0.2, 0) is 13.0 Å². The number of rotatable bonds is 3. The standard InChI is InChI=1S/C17H17Cl2N/c18-15-8-4-9-16(19)14(15)11-20-17-10-3-6-12-5-1-2-7-13(12)17/h1-2,4-5,7-9,17,20H,3,6,10-11H2. The summed E-state index contributed by atoms with van der Waals surface area (Å²) in [6, 6.07) is 14.7. The molecule has 1 unspecified atom stereocenters. The van der Waals surface area contributed by atoms with E-state index in [0.29, 0.717) is 12.6 Å². The first-order valence-electron chi connectivity index (χ1n) is 7.00. The predicted octanol–water partition coefficient (Wildman–Crippen LogP) is 5.16. The van der Waals surface area contributed by atoms with Gasteiger partial charge in [0.15, 0.2) is 0 Å². The Hall–Kier alpha value is -1.02. The zero-order chi connectivity index (χ0) is 13.9. The van der Waals surface area contributed by atoms with Gasteiger partial charge in [-0.25, -0.2) is 0 Å². The van der Waals surface area contributed by atoms with Crippen molar-refractivity contribution in [3.8, 4) is 0 Å². The van der Waals surface area contributed by atoms with Crippen LogP contribution in [0.25, 0.3) is 0 Å². The van der Waals surface area contributed by atoms with Crippen LogP contribution in [0.4, 0.5) is 0 Å². The maximum absolute atomic E-state index is 6.22. The van der Waals surface area contributed by atoms with E-state index in [-0.39, 0.29) is 0 Å². The van der Waals surface area contributed by atoms with Gasteiger partial charge < -0.3 is 5.32 Å². The van der Waals surface area contributed by atoms with Gasteiger partial charge in [0.25, 0.3) is 0 Å². The second-order valence-electron chi connectivity index (χ2n) is 5.22. The molecule has 0 radical (unpaired) electrons. The molecule has 104 valence electrons. The Kier molecular flexibility index (Phi) is 4.30. The molecule has 2 aromatic rings. The zero-order valence-corrected chi connectivity index (χ0v) is 12.7. The van der Waals surface area contributed by atoms with E-state index in [1.165, 1.54) is 30.4 Å². The van der Waals surface area contributed by atoms with Crippen molar-refractivity contribution in [1.29, 1.82) is 0 Å². The molecular formula is C17H17Cl2N. The van der Waals surface area contributed by atoms with Gasteiger partial charge in [-0.15, -0.1) is 0 Å². The predicted molar refractivity (Wildman–Crippen MR) is 85.4 cm³/mol. The molecule has 0 aromatic heterocycles. The minimum atomic E-state index is 0.396. The second-order valence-corrected chi connectivity index (χ2v) is 6.04. The van der Waals surface area contributed by atoms with Crippen LogP contribution in [0.15, 0.2) is 42.5 Å². The lowest BCUT2D eigenvalue weighted by molar-refractivity contribution is 0.459. The summed E-state index contributed by atoms with van der Waals surface area (Å²) in [7, 11) is 0. The molecule has 0 amide bonds. The van der Waals surface area contributed by atoms with Crippen LogP contribution in [0.3, 0.4) is 0 Å². The average molecular weight is 306 g/mol. The van der Waals surface area contributed by atoms with Crippen LogP contribution >= 0.6 is 23.2 Å². The largest absolute Gasteiger partial charge is 0.306 e. The summed E-state index contributed by atoms with van der Waals surface area (Å²) in [6.45, 7) is 0.706. The van der Waals surface area contributed by atoms with Crippen molar-refractivity contribution in [3.63, 3.8) is 0 Å². The van der Waals surface area contributed by atoms with Crippen molar-refractivity contribution in [2.45, 2.75) is 31.8 Å². The van der Waals surface area contributed by atoms with Crippen LogP contribution in [0.2, 0.25) is 10.0 Å². The van der Waals surface area contributed by atoms with Crippen LogP contribution in [-0.4, -0.2) is 0 Å². The Bertz CT molecular complexity index is 589. The second kappa shape index (κ2) is 6.17. The first-order chi connectivity index (χ1) is 9.75. The van der Waals surface area contributed by atoms with E-state index >= 15 is 0 Å². The highest BCUT2D eigenvalue weighted by Crippen LogP contribution is 2.31. The maximum Gasteiger partial charge on any atom is 0.0465 e. The fraction of sp³-hybridized carbons (Fsp3) is 0.294. The van der Waals surface area contributed by atoms with Crippen LogP contribution in [0.1, 0.15) is 35.6 Å². The van der Waals surface area contributed by atoms with Crippen molar-refractivity contribution < 1.29 is 0 Å². The maximum atomic E-state index is 6.22. The summed E-state index contributed by atoms with van der Waals surface area (Å²) in [6.07, 6.45) is 3.57. The number of hydrogen-bond donors (Lipinski definition) is 1. The minimum Gasteiger partial charge on any atom is -0.306 e. The molecular weight excluding hydrogens is 289 g/mol. The molecule has 3 rings (SSSR count). The molecule has 20 heavy (non-hydrogen) atoms. The number of fused-ring (bicyclic) bond motifs is 1. The van der Waals surface area contributed by atoms with E-state index in [2.05, 4.69) is 29.6 Å². The van der Waals surface area contributed by atoms with Gasteiger partial charge in [-0.1, -0.05) is 53.5 Å². The van der Waals surface area contributed by atoms with Gasteiger partial charge in [-0.2, -0.15) is 0 Å². The molecule has 2 aromatic carbocycles. The molecule has 0 fully saturated rings. The highest BCUT2D eigenvalue weighted by atomic mass is 35.5. The highest BCUT2D eigenvalue weighted by molar-refractivity contribution is 6.35. The van der Waals surface area contributed by atoms with Crippen LogP contribution in [0.5, 0.6) is 0 Å². The fourth-order valence-electron chi connectivity index (χ4n) is 2.89. The third-order valence-electron chi connectivity index (χ3n) is 3.96. The normalized spacial score (nSPS) is 17.8. The Morgan fingerprint density at radius 2 is 1.75 bits per heavy atom. The van der Waals surface area contributed by atoms with Gasteiger partial charge in [0.2, 0.25) is 0 Å². The van der Waals surface area contributed by atoms with E-state index in [4.69, 9.17) is 23.2 Å². The number of benzene rings is 2. The van der Waals surface area contributed by atoms with Crippen LogP contribution < -0.4 is 5.32 Å². The third kappa shape index (κ3) is 2.85. The smallest absolute Gasteiger partial charge is 0.0465 e. The number of halogens is 2. The molecule has 0 saturated carbocycles. The summed E-state index contributed by atoms with van der Waals surface area (Å²) < 4.78 is 0. The lowest BCUT2D eigenvalue weighted by Crippen LogP contribution is -2.25. The summed E-state index contributed by atoms with van der Waals surface area (Å²) in [5, 5.41) is 5.07. The topological polar surface area (TPSA) is 12.0 Å². The van der Waals surface area contributed by atoms with Crippen molar-refractivity contribution >= 4 is 23.2 Å². The van der Waals surface area contributed by atoms with Crippen molar-refractivity contribution in [2.24, 2.45) is 0 Å². The summed E-state index contributed by atoms with van der Waals surface area (Å²) >= 11 is 12.4. The van der Waals surface area contributed by atoms with E-state index < -0.39 is 0 Å². The van der Waals surface area contributed by atoms with E-state index in [1.807, 2.05) is 18.2 Å².